The van der Waals surface area contributed by atoms with Gasteiger partial charge in [-0.05, 0) is 6.42 Å². The third-order valence-corrected chi connectivity index (χ3v) is 2.66. The first-order chi connectivity index (χ1) is 9.91. The molecule has 0 aliphatic rings. The maximum Gasteiger partial charge on any atom is 0.416 e. The maximum atomic E-state index is 12.3. The monoisotopic (exact) mass is 304 g/mol. The lowest BCUT2D eigenvalue weighted by molar-refractivity contribution is -0.198. The van der Waals surface area contributed by atoms with Gasteiger partial charge in [-0.25, -0.2) is 4.98 Å². The minimum Gasteiger partial charge on any atom is -0.382 e. The van der Waals surface area contributed by atoms with E-state index in [-0.39, 0.29) is 11.8 Å². The average Bonchev–Trinajstić information content (AvgIpc) is 2.89. The minimum atomic E-state index is -4.68. The van der Waals surface area contributed by atoms with E-state index in [1.54, 1.807) is 0 Å². The van der Waals surface area contributed by atoms with Crippen molar-refractivity contribution in [3.05, 3.63) is 6.33 Å². The molecule has 0 aromatic carbocycles. The molecule has 2 heterocycles. The van der Waals surface area contributed by atoms with Crippen molar-refractivity contribution >= 4 is 22.9 Å². The molecule has 1 atom stereocenters. The smallest absolute Gasteiger partial charge is 0.382 e. The molecule has 0 saturated carbocycles. The Morgan fingerprint density at radius 2 is 2.10 bits per heavy atom. The lowest BCUT2D eigenvalue weighted by atomic mass is 10.3. The van der Waals surface area contributed by atoms with E-state index in [9.17, 15) is 13.2 Å². The van der Waals surface area contributed by atoms with Crippen LogP contribution < -0.4 is 10.6 Å². The van der Waals surface area contributed by atoms with E-state index in [0.29, 0.717) is 17.7 Å². The first-order valence-corrected chi connectivity index (χ1v) is 6.35. The van der Waals surface area contributed by atoms with Crippen molar-refractivity contribution in [2.75, 3.05) is 23.7 Å². The number of hydrogen-bond acceptors (Lipinski definition) is 6. The molecule has 4 N–H and O–H groups in total. The van der Waals surface area contributed by atoms with Crippen molar-refractivity contribution in [3.8, 4) is 0 Å². The van der Waals surface area contributed by atoms with E-state index < -0.39 is 18.8 Å². The summed E-state index contributed by atoms with van der Waals surface area (Å²) in [5.74, 6) is 0.417. The Kier molecular flexibility index (Phi) is 4.46. The van der Waals surface area contributed by atoms with Crippen LogP contribution in [0.15, 0.2) is 6.33 Å². The molecule has 0 fully saturated rings. The van der Waals surface area contributed by atoms with Crippen LogP contribution in [-0.2, 0) is 0 Å². The van der Waals surface area contributed by atoms with Crippen molar-refractivity contribution in [2.45, 2.75) is 25.6 Å². The summed E-state index contributed by atoms with van der Waals surface area (Å²) in [6.07, 6.45) is -4.94. The zero-order valence-electron chi connectivity index (χ0n) is 11.2. The number of fused-ring (bicyclic) bond motifs is 1. The van der Waals surface area contributed by atoms with Crippen molar-refractivity contribution in [2.24, 2.45) is 0 Å². The van der Waals surface area contributed by atoms with Crippen LogP contribution >= 0.6 is 0 Å². The molecule has 7 nitrogen and oxygen atoms in total. The summed E-state index contributed by atoms with van der Waals surface area (Å²) in [4.78, 5) is 14.9. The second-order valence-electron chi connectivity index (χ2n) is 4.36. The molecule has 21 heavy (non-hydrogen) atoms. The topological polar surface area (TPSA) is 98.8 Å². The first-order valence-electron chi connectivity index (χ1n) is 6.35. The van der Waals surface area contributed by atoms with Gasteiger partial charge in [-0.15, -0.1) is 0 Å². The van der Waals surface area contributed by atoms with Crippen molar-refractivity contribution in [3.63, 3.8) is 0 Å². The van der Waals surface area contributed by atoms with Gasteiger partial charge in [-0.3, -0.25) is 0 Å². The van der Waals surface area contributed by atoms with Crippen molar-refractivity contribution in [1.82, 2.24) is 19.9 Å². The highest BCUT2D eigenvalue weighted by molar-refractivity contribution is 5.83. The standard InChI is InChI=1S/C11H15F3N6O/c1-2-3-15-10-19-8(7-9(20-10)18-5-17-7)16-4-6(21)11(12,13)14/h5-6,21H,2-4H2,1H3,(H3,15,16,17,18,19,20). The molecular weight excluding hydrogens is 289 g/mol. The highest BCUT2D eigenvalue weighted by Crippen LogP contribution is 2.22. The molecule has 0 amide bonds. The van der Waals surface area contributed by atoms with Gasteiger partial charge in [0.25, 0.3) is 0 Å². The fraction of sp³-hybridized carbons (Fsp3) is 0.545. The van der Waals surface area contributed by atoms with Crippen LogP contribution in [0.4, 0.5) is 24.9 Å². The fourth-order valence-electron chi connectivity index (χ4n) is 1.59. The summed E-state index contributed by atoms with van der Waals surface area (Å²) >= 11 is 0. The summed E-state index contributed by atoms with van der Waals surface area (Å²) in [6, 6.07) is 0. The van der Waals surface area contributed by atoms with E-state index in [2.05, 4.69) is 30.6 Å². The zero-order chi connectivity index (χ0) is 15.5. The van der Waals surface area contributed by atoms with Gasteiger partial charge < -0.3 is 20.7 Å². The number of imidazole rings is 1. The third-order valence-electron chi connectivity index (χ3n) is 2.66. The molecule has 0 bridgehead atoms. The van der Waals surface area contributed by atoms with Gasteiger partial charge in [0.05, 0.1) is 12.9 Å². The average molecular weight is 304 g/mol. The lowest BCUT2D eigenvalue weighted by Crippen LogP contribution is -2.35. The van der Waals surface area contributed by atoms with Crippen molar-refractivity contribution < 1.29 is 18.3 Å². The summed E-state index contributed by atoms with van der Waals surface area (Å²) < 4.78 is 36.9. The van der Waals surface area contributed by atoms with Crippen LogP contribution in [0.1, 0.15) is 13.3 Å². The van der Waals surface area contributed by atoms with Gasteiger partial charge >= 0.3 is 6.18 Å². The Morgan fingerprint density at radius 1 is 1.33 bits per heavy atom. The van der Waals surface area contributed by atoms with Crippen molar-refractivity contribution in [1.29, 1.82) is 0 Å². The molecule has 2 rings (SSSR count). The first kappa shape index (κ1) is 15.3. The SMILES string of the molecule is CCCNc1nc(NCC(O)C(F)(F)F)c2[nH]cnc2n1. The summed E-state index contributed by atoms with van der Waals surface area (Å²) in [5.41, 5.74) is 0.707. The number of H-pyrrole nitrogens is 1. The summed E-state index contributed by atoms with van der Waals surface area (Å²) in [6.45, 7) is 1.88. The Labute approximate surface area is 118 Å². The number of hydrogen-bond donors (Lipinski definition) is 4. The normalized spacial score (nSPS) is 13.4. The van der Waals surface area contributed by atoms with Crippen LogP contribution in [0, 0.1) is 0 Å². The number of alkyl halides is 3. The molecule has 1 unspecified atom stereocenters. The predicted molar refractivity (Wildman–Crippen MR) is 71.0 cm³/mol. The van der Waals surface area contributed by atoms with E-state index in [1.165, 1.54) is 6.33 Å². The van der Waals surface area contributed by atoms with E-state index in [1.807, 2.05) is 6.92 Å². The number of aromatic nitrogens is 4. The van der Waals surface area contributed by atoms with E-state index in [0.717, 1.165) is 6.42 Å². The second-order valence-corrected chi connectivity index (χ2v) is 4.36. The van der Waals surface area contributed by atoms with Gasteiger partial charge in [-0.1, -0.05) is 6.92 Å². The maximum absolute atomic E-state index is 12.3. The van der Waals surface area contributed by atoms with Crippen LogP contribution in [-0.4, -0.2) is 50.4 Å². The number of aliphatic hydroxyl groups is 1. The lowest BCUT2D eigenvalue weighted by Gasteiger charge is -2.16. The second kappa shape index (κ2) is 6.12. The predicted octanol–water partition coefficient (Wildman–Crippen LogP) is 1.51. The molecule has 0 radical (unpaired) electrons. The highest BCUT2D eigenvalue weighted by Gasteiger charge is 2.38. The quantitative estimate of drug-likeness (QED) is 0.646. The van der Waals surface area contributed by atoms with Gasteiger partial charge in [0, 0.05) is 6.54 Å². The molecule has 0 saturated heterocycles. The number of nitrogens with one attached hydrogen (secondary N) is 3. The number of aromatic amines is 1. The van der Waals surface area contributed by atoms with Crippen LogP contribution in [0.5, 0.6) is 0 Å². The third kappa shape index (κ3) is 3.72. The van der Waals surface area contributed by atoms with Crippen LogP contribution in [0.25, 0.3) is 11.2 Å². The Balaban J connectivity index is 2.19. The van der Waals surface area contributed by atoms with Gasteiger partial charge in [0.15, 0.2) is 17.6 Å². The minimum absolute atomic E-state index is 0.152. The number of halogens is 3. The molecule has 0 spiro atoms. The zero-order valence-corrected chi connectivity index (χ0v) is 11.2. The number of rotatable bonds is 6. The number of nitrogens with zero attached hydrogens (tertiary/aromatic N) is 3. The largest absolute Gasteiger partial charge is 0.416 e. The molecule has 10 heteroatoms. The van der Waals surface area contributed by atoms with Gasteiger partial charge in [0.1, 0.15) is 5.52 Å². The van der Waals surface area contributed by atoms with Crippen LogP contribution in [0.3, 0.4) is 0 Å². The number of anilines is 2. The van der Waals surface area contributed by atoms with Gasteiger partial charge in [-0.2, -0.15) is 23.1 Å². The fourth-order valence-corrected chi connectivity index (χ4v) is 1.59. The Bertz CT molecular complexity index is 599. The van der Waals surface area contributed by atoms with E-state index >= 15 is 0 Å². The molecule has 2 aromatic heterocycles. The molecule has 0 aliphatic carbocycles. The van der Waals surface area contributed by atoms with Gasteiger partial charge in [0.2, 0.25) is 5.95 Å². The Morgan fingerprint density at radius 3 is 2.76 bits per heavy atom. The highest BCUT2D eigenvalue weighted by atomic mass is 19.4. The van der Waals surface area contributed by atoms with E-state index in [4.69, 9.17) is 5.11 Å². The number of aliphatic hydroxyl groups excluding tert-OH is 1. The molecule has 116 valence electrons. The molecular formula is C11H15F3N6O. The summed E-state index contributed by atoms with van der Waals surface area (Å²) in [5, 5.41) is 14.4. The summed E-state index contributed by atoms with van der Waals surface area (Å²) in [7, 11) is 0. The molecule has 0 aliphatic heterocycles. The Hall–Kier alpha value is -2.10. The molecule has 2 aromatic rings. The van der Waals surface area contributed by atoms with Crippen LogP contribution in [0.2, 0.25) is 0 Å².